The Morgan fingerprint density at radius 3 is 2.57 bits per heavy atom. The maximum absolute atomic E-state index is 12.2. The van der Waals surface area contributed by atoms with Crippen molar-refractivity contribution in [1.29, 1.82) is 0 Å². The molecule has 4 heteroatoms. The first kappa shape index (κ1) is 15.8. The van der Waals surface area contributed by atoms with E-state index >= 15 is 0 Å². The lowest BCUT2D eigenvalue weighted by molar-refractivity contribution is 0.170. The SMILES string of the molecule is CCN(C(=O)NCC(CC(C)O)c1ccccc1)C1CC1. The zero-order chi connectivity index (χ0) is 15.2. The molecule has 1 aliphatic carbocycles. The third-order valence-corrected chi connectivity index (χ3v) is 3.99. The number of nitrogens with zero attached hydrogens (tertiary/aromatic N) is 1. The molecule has 2 rings (SSSR count). The number of aliphatic hydroxyl groups excluding tert-OH is 1. The summed E-state index contributed by atoms with van der Waals surface area (Å²) in [5.41, 5.74) is 1.16. The highest BCUT2D eigenvalue weighted by atomic mass is 16.3. The molecule has 2 unspecified atom stereocenters. The first-order chi connectivity index (χ1) is 10.1. The van der Waals surface area contributed by atoms with Gasteiger partial charge in [0.2, 0.25) is 0 Å². The normalized spacial score (nSPS) is 17.1. The number of aliphatic hydroxyl groups is 1. The van der Waals surface area contributed by atoms with E-state index in [9.17, 15) is 9.90 Å². The highest BCUT2D eigenvalue weighted by Crippen LogP contribution is 2.26. The van der Waals surface area contributed by atoms with Gasteiger partial charge in [-0.25, -0.2) is 4.79 Å². The first-order valence-electron chi connectivity index (χ1n) is 7.89. The molecule has 0 saturated heterocycles. The molecule has 1 aromatic rings. The van der Waals surface area contributed by atoms with Crippen LogP contribution >= 0.6 is 0 Å². The molecule has 1 aliphatic rings. The van der Waals surface area contributed by atoms with Crippen LogP contribution in [0.5, 0.6) is 0 Å². The Hall–Kier alpha value is -1.55. The van der Waals surface area contributed by atoms with Gasteiger partial charge in [-0.05, 0) is 38.7 Å². The molecule has 1 saturated carbocycles. The van der Waals surface area contributed by atoms with Crippen LogP contribution in [0.4, 0.5) is 4.79 Å². The zero-order valence-electron chi connectivity index (χ0n) is 13.0. The van der Waals surface area contributed by atoms with Gasteiger partial charge in [0.25, 0.3) is 0 Å². The topological polar surface area (TPSA) is 52.6 Å². The molecular weight excluding hydrogens is 264 g/mol. The van der Waals surface area contributed by atoms with E-state index in [1.54, 1.807) is 6.92 Å². The molecule has 2 N–H and O–H groups in total. The molecule has 1 fully saturated rings. The van der Waals surface area contributed by atoms with Crippen LogP contribution in [-0.4, -0.2) is 41.3 Å². The smallest absolute Gasteiger partial charge is 0.317 e. The number of nitrogens with one attached hydrogen (secondary N) is 1. The highest BCUT2D eigenvalue weighted by molar-refractivity contribution is 5.74. The summed E-state index contributed by atoms with van der Waals surface area (Å²) in [5.74, 6) is 0.146. The van der Waals surface area contributed by atoms with Crippen molar-refractivity contribution in [3.63, 3.8) is 0 Å². The van der Waals surface area contributed by atoms with E-state index < -0.39 is 0 Å². The molecule has 0 bridgehead atoms. The van der Waals surface area contributed by atoms with E-state index in [1.165, 1.54) is 0 Å². The largest absolute Gasteiger partial charge is 0.393 e. The van der Waals surface area contributed by atoms with Crippen LogP contribution in [0.1, 0.15) is 44.6 Å². The van der Waals surface area contributed by atoms with Crippen molar-refractivity contribution < 1.29 is 9.90 Å². The minimum atomic E-state index is -0.377. The van der Waals surface area contributed by atoms with Gasteiger partial charge in [-0.3, -0.25) is 0 Å². The Balaban J connectivity index is 1.94. The number of amides is 2. The minimum absolute atomic E-state index is 0.0199. The third kappa shape index (κ3) is 4.74. The van der Waals surface area contributed by atoms with Gasteiger partial charge >= 0.3 is 6.03 Å². The van der Waals surface area contributed by atoms with Gasteiger partial charge in [-0.15, -0.1) is 0 Å². The molecular formula is C17H26N2O2. The second-order valence-corrected chi connectivity index (χ2v) is 5.90. The molecule has 2 amide bonds. The van der Waals surface area contributed by atoms with Crippen molar-refractivity contribution in [1.82, 2.24) is 10.2 Å². The lowest BCUT2D eigenvalue weighted by Crippen LogP contribution is -2.42. The van der Waals surface area contributed by atoms with Gasteiger partial charge in [0.1, 0.15) is 0 Å². The van der Waals surface area contributed by atoms with Crippen molar-refractivity contribution in [2.75, 3.05) is 13.1 Å². The van der Waals surface area contributed by atoms with Crippen LogP contribution in [0.3, 0.4) is 0 Å². The van der Waals surface area contributed by atoms with Gasteiger partial charge in [-0.2, -0.15) is 0 Å². The minimum Gasteiger partial charge on any atom is -0.393 e. The molecule has 0 radical (unpaired) electrons. The van der Waals surface area contributed by atoms with Gasteiger partial charge in [-0.1, -0.05) is 30.3 Å². The van der Waals surface area contributed by atoms with E-state index in [1.807, 2.05) is 30.0 Å². The van der Waals surface area contributed by atoms with E-state index in [-0.39, 0.29) is 18.1 Å². The second-order valence-electron chi connectivity index (χ2n) is 5.90. The summed E-state index contributed by atoms with van der Waals surface area (Å²) < 4.78 is 0. The Morgan fingerprint density at radius 1 is 1.38 bits per heavy atom. The van der Waals surface area contributed by atoms with Gasteiger partial charge < -0.3 is 15.3 Å². The predicted octanol–water partition coefficient (Wildman–Crippen LogP) is 2.74. The van der Waals surface area contributed by atoms with Crippen molar-refractivity contribution in [2.45, 2.75) is 51.2 Å². The van der Waals surface area contributed by atoms with Crippen LogP contribution in [0.15, 0.2) is 30.3 Å². The number of rotatable bonds is 7. The summed E-state index contributed by atoms with van der Waals surface area (Å²) in [5, 5.41) is 12.7. The lowest BCUT2D eigenvalue weighted by Gasteiger charge is -2.24. The van der Waals surface area contributed by atoms with Crippen LogP contribution in [0, 0.1) is 0 Å². The second kappa shape index (κ2) is 7.46. The molecule has 0 aromatic heterocycles. The average molecular weight is 290 g/mol. The predicted molar refractivity (Wildman–Crippen MR) is 84.3 cm³/mol. The summed E-state index contributed by atoms with van der Waals surface area (Å²) >= 11 is 0. The fourth-order valence-corrected chi connectivity index (χ4v) is 2.74. The lowest BCUT2D eigenvalue weighted by atomic mass is 9.93. The molecule has 2 atom stereocenters. The molecule has 4 nitrogen and oxygen atoms in total. The van der Waals surface area contributed by atoms with E-state index in [0.29, 0.717) is 19.0 Å². The van der Waals surface area contributed by atoms with Crippen LogP contribution in [0.2, 0.25) is 0 Å². The van der Waals surface area contributed by atoms with E-state index in [2.05, 4.69) is 17.4 Å². The zero-order valence-corrected chi connectivity index (χ0v) is 13.0. The number of benzene rings is 1. The van der Waals surface area contributed by atoms with Crippen LogP contribution in [0.25, 0.3) is 0 Å². The number of carbonyl (C=O) groups is 1. The summed E-state index contributed by atoms with van der Waals surface area (Å²) in [6.07, 6.45) is 2.52. The van der Waals surface area contributed by atoms with Gasteiger partial charge in [0.05, 0.1) is 6.10 Å². The van der Waals surface area contributed by atoms with Crippen molar-refractivity contribution in [3.8, 4) is 0 Å². The summed E-state index contributed by atoms with van der Waals surface area (Å²) in [6, 6.07) is 10.5. The van der Waals surface area contributed by atoms with Crippen molar-refractivity contribution >= 4 is 6.03 Å². The molecule has 21 heavy (non-hydrogen) atoms. The number of hydrogen-bond acceptors (Lipinski definition) is 2. The fourth-order valence-electron chi connectivity index (χ4n) is 2.74. The average Bonchev–Trinajstić information content (AvgIpc) is 3.29. The molecule has 116 valence electrons. The van der Waals surface area contributed by atoms with E-state index in [4.69, 9.17) is 0 Å². The Labute approximate surface area is 127 Å². The monoisotopic (exact) mass is 290 g/mol. The summed E-state index contributed by atoms with van der Waals surface area (Å²) in [4.78, 5) is 14.1. The maximum atomic E-state index is 12.2. The number of carbonyl (C=O) groups excluding carboxylic acids is 1. The van der Waals surface area contributed by atoms with Crippen LogP contribution in [-0.2, 0) is 0 Å². The first-order valence-corrected chi connectivity index (χ1v) is 7.89. The van der Waals surface area contributed by atoms with E-state index in [0.717, 1.165) is 24.9 Å². The fraction of sp³-hybridized carbons (Fsp3) is 0.588. The Bertz CT molecular complexity index is 443. The molecule has 0 spiro atoms. The van der Waals surface area contributed by atoms with Crippen molar-refractivity contribution in [3.05, 3.63) is 35.9 Å². The molecule has 0 aliphatic heterocycles. The number of urea groups is 1. The van der Waals surface area contributed by atoms with Crippen LogP contribution < -0.4 is 5.32 Å². The highest BCUT2D eigenvalue weighted by Gasteiger charge is 2.31. The maximum Gasteiger partial charge on any atom is 0.317 e. The van der Waals surface area contributed by atoms with Crippen molar-refractivity contribution in [2.24, 2.45) is 0 Å². The summed E-state index contributed by atoms with van der Waals surface area (Å²) in [6.45, 7) is 5.13. The van der Waals surface area contributed by atoms with Gasteiger partial charge in [0.15, 0.2) is 0 Å². The Kier molecular flexibility index (Phi) is 5.62. The number of hydrogen-bond donors (Lipinski definition) is 2. The standard InChI is InChI=1S/C17H26N2O2/c1-3-19(16-9-10-16)17(21)18-12-15(11-13(2)20)14-7-5-4-6-8-14/h4-8,13,15-16,20H,3,9-12H2,1-2H3,(H,18,21). The quantitative estimate of drug-likeness (QED) is 0.811. The van der Waals surface area contributed by atoms with Gasteiger partial charge in [0, 0.05) is 25.0 Å². The molecule has 0 heterocycles. The Morgan fingerprint density at radius 2 is 2.05 bits per heavy atom. The summed E-state index contributed by atoms with van der Waals surface area (Å²) in [7, 11) is 0. The third-order valence-electron chi connectivity index (χ3n) is 3.99. The molecule has 1 aromatic carbocycles.